The zero-order valence-corrected chi connectivity index (χ0v) is 13.9. The Morgan fingerprint density at radius 1 is 1.33 bits per heavy atom. The number of hydrogen-bond donors (Lipinski definition) is 1. The molecule has 0 spiro atoms. The van der Waals surface area contributed by atoms with Crippen molar-refractivity contribution in [1.82, 2.24) is 9.80 Å². The van der Waals surface area contributed by atoms with E-state index >= 15 is 0 Å². The van der Waals surface area contributed by atoms with E-state index in [1.54, 1.807) is 0 Å². The van der Waals surface area contributed by atoms with E-state index in [2.05, 4.69) is 13.8 Å². The van der Waals surface area contributed by atoms with Gasteiger partial charge >= 0.3 is 0 Å². The van der Waals surface area contributed by atoms with Crippen LogP contribution in [0.15, 0.2) is 0 Å². The Balaban J connectivity index is 0.00000220. The largest absolute Gasteiger partial charge is 0.339 e. The lowest BCUT2D eigenvalue weighted by Gasteiger charge is -2.36. The molecule has 5 nitrogen and oxygen atoms in total. The van der Waals surface area contributed by atoms with Crippen molar-refractivity contribution in [2.75, 3.05) is 19.6 Å². The first kappa shape index (κ1) is 18.2. The maximum absolute atomic E-state index is 12.7. The normalized spacial score (nSPS) is 24.2. The molecule has 21 heavy (non-hydrogen) atoms. The quantitative estimate of drug-likeness (QED) is 0.852. The Morgan fingerprint density at radius 2 is 2.05 bits per heavy atom. The molecule has 0 saturated carbocycles. The maximum atomic E-state index is 12.7. The number of amides is 2. The van der Waals surface area contributed by atoms with Crippen LogP contribution in [0.5, 0.6) is 0 Å². The van der Waals surface area contributed by atoms with Gasteiger partial charge in [-0.15, -0.1) is 12.4 Å². The molecule has 2 N–H and O–H groups in total. The highest BCUT2D eigenvalue weighted by molar-refractivity contribution is 5.88. The van der Waals surface area contributed by atoms with Gasteiger partial charge in [0.25, 0.3) is 0 Å². The van der Waals surface area contributed by atoms with E-state index < -0.39 is 0 Å². The molecule has 2 fully saturated rings. The third kappa shape index (κ3) is 4.58. The smallest absolute Gasteiger partial charge is 0.245 e. The summed E-state index contributed by atoms with van der Waals surface area (Å²) in [6, 6.07) is -0.191. The van der Waals surface area contributed by atoms with Crippen molar-refractivity contribution < 1.29 is 9.59 Å². The van der Waals surface area contributed by atoms with Crippen LogP contribution in [-0.2, 0) is 9.59 Å². The van der Waals surface area contributed by atoms with Crippen LogP contribution in [0.1, 0.15) is 46.0 Å². The second kappa shape index (κ2) is 7.99. The van der Waals surface area contributed by atoms with Gasteiger partial charge in [-0.05, 0) is 31.6 Å². The number of nitrogens with zero attached hydrogens (tertiary/aromatic N) is 2. The fraction of sp³-hybridized carbons (Fsp3) is 0.867. The monoisotopic (exact) mass is 317 g/mol. The van der Waals surface area contributed by atoms with Crippen LogP contribution in [0.25, 0.3) is 0 Å². The minimum Gasteiger partial charge on any atom is -0.339 e. The third-order valence-corrected chi connectivity index (χ3v) is 4.25. The molecule has 2 saturated heterocycles. The Labute approximate surface area is 133 Å². The minimum absolute atomic E-state index is 0. The number of piperidine rings is 1. The van der Waals surface area contributed by atoms with E-state index in [4.69, 9.17) is 5.73 Å². The van der Waals surface area contributed by atoms with Crippen molar-refractivity contribution in [3.63, 3.8) is 0 Å². The van der Waals surface area contributed by atoms with Crippen LogP contribution in [0.3, 0.4) is 0 Å². The summed E-state index contributed by atoms with van der Waals surface area (Å²) in [6.07, 6.45) is 4.16. The molecule has 2 heterocycles. The van der Waals surface area contributed by atoms with Crippen LogP contribution in [0.4, 0.5) is 0 Å². The highest BCUT2D eigenvalue weighted by Crippen LogP contribution is 2.22. The van der Waals surface area contributed by atoms with Gasteiger partial charge < -0.3 is 15.5 Å². The number of nitrogens with two attached hydrogens (primary N) is 1. The Morgan fingerprint density at radius 3 is 2.57 bits per heavy atom. The van der Waals surface area contributed by atoms with E-state index in [0.29, 0.717) is 18.9 Å². The summed E-state index contributed by atoms with van der Waals surface area (Å²) in [5.74, 6) is 0.635. The maximum Gasteiger partial charge on any atom is 0.245 e. The lowest BCUT2D eigenvalue weighted by atomic mass is 9.98. The topological polar surface area (TPSA) is 66.6 Å². The van der Waals surface area contributed by atoms with Crippen molar-refractivity contribution in [2.45, 2.75) is 58.0 Å². The van der Waals surface area contributed by atoms with E-state index in [9.17, 15) is 9.59 Å². The summed E-state index contributed by atoms with van der Waals surface area (Å²) in [6.45, 7) is 6.29. The second-order valence-corrected chi connectivity index (χ2v) is 6.52. The third-order valence-electron chi connectivity index (χ3n) is 4.25. The van der Waals surface area contributed by atoms with E-state index in [-0.39, 0.29) is 36.3 Å². The van der Waals surface area contributed by atoms with Gasteiger partial charge in [0, 0.05) is 32.1 Å². The van der Waals surface area contributed by atoms with Crippen molar-refractivity contribution in [2.24, 2.45) is 11.7 Å². The predicted octanol–water partition coefficient (Wildman–Crippen LogP) is 1.39. The lowest BCUT2D eigenvalue weighted by molar-refractivity contribution is -0.147. The molecule has 122 valence electrons. The molecule has 2 aliphatic heterocycles. The number of halogens is 1. The summed E-state index contributed by atoms with van der Waals surface area (Å²) < 4.78 is 0. The van der Waals surface area contributed by atoms with Gasteiger partial charge in [0.05, 0.1) is 0 Å². The molecule has 2 rings (SSSR count). The first-order valence-corrected chi connectivity index (χ1v) is 7.83. The zero-order valence-electron chi connectivity index (χ0n) is 13.1. The van der Waals surface area contributed by atoms with Crippen molar-refractivity contribution in [3.8, 4) is 0 Å². The van der Waals surface area contributed by atoms with Gasteiger partial charge in [0.1, 0.15) is 6.04 Å². The fourth-order valence-corrected chi connectivity index (χ4v) is 3.16. The highest BCUT2D eigenvalue weighted by Gasteiger charge is 2.36. The molecule has 0 aromatic carbocycles. The van der Waals surface area contributed by atoms with Crippen LogP contribution >= 0.6 is 12.4 Å². The molecule has 0 aromatic rings. The van der Waals surface area contributed by atoms with Crippen LogP contribution in [0.2, 0.25) is 0 Å². The SMILES string of the molecule is CC(C)CC(C(=O)N1CC[C@@H](N)C1)N1CCCCC1=O.Cl. The number of carbonyl (C=O) groups is 2. The average Bonchev–Trinajstić information content (AvgIpc) is 2.82. The molecule has 0 aliphatic carbocycles. The molecule has 6 heteroatoms. The van der Waals surface area contributed by atoms with E-state index in [1.807, 2.05) is 9.80 Å². The summed E-state index contributed by atoms with van der Waals surface area (Å²) in [7, 11) is 0. The molecule has 2 atom stereocenters. The van der Waals surface area contributed by atoms with Gasteiger partial charge in [0.2, 0.25) is 11.8 Å². The molecule has 0 bridgehead atoms. The van der Waals surface area contributed by atoms with Gasteiger partial charge in [0.15, 0.2) is 0 Å². The summed E-state index contributed by atoms with van der Waals surface area (Å²) in [4.78, 5) is 28.5. The molecule has 0 aromatic heterocycles. The average molecular weight is 318 g/mol. The Bertz CT molecular complexity index is 376. The first-order chi connectivity index (χ1) is 9.49. The van der Waals surface area contributed by atoms with Crippen LogP contribution in [-0.4, -0.2) is 53.3 Å². The second-order valence-electron chi connectivity index (χ2n) is 6.52. The van der Waals surface area contributed by atoms with E-state index in [1.165, 1.54) is 0 Å². The summed E-state index contributed by atoms with van der Waals surface area (Å²) >= 11 is 0. The molecule has 2 aliphatic rings. The molecular formula is C15H28ClN3O2. The van der Waals surface area contributed by atoms with Crippen molar-refractivity contribution in [3.05, 3.63) is 0 Å². The number of likely N-dealkylation sites (tertiary alicyclic amines) is 2. The molecule has 0 radical (unpaired) electrons. The number of hydrogen-bond acceptors (Lipinski definition) is 3. The van der Waals surface area contributed by atoms with E-state index in [0.717, 1.165) is 38.8 Å². The number of carbonyl (C=O) groups excluding carboxylic acids is 2. The molecule has 2 amide bonds. The van der Waals surface area contributed by atoms with Gasteiger partial charge in [-0.2, -0.15) is 0 Å². The van der Waals surface area contributed by atoms with Crippen LogP contribution in [0, 0.1) is 5.92 Å². The molecular weight excluding hydrogens is 290 g/mol. The number of rotatable bonds is 4. The predicted molar refractivity (Wildman–Crippen MR) is 85.2 cm³/mol. The molecule has 1 unspecified atom stereocenters. The Hall–Kier alpha value is -0.810. The van der Waals surface area contributed by atoms with Gasteiger partial charge in [-0.1, -0.05) is 13.8 Å². The summed E-state index contributed by atoms with van der Waals surface area (Å²) in [5.41, 5.74) is 5.90. The Kier molecular flexibility index (Phi) is 6.94. The minimum atomic E-state index is -0.284. The zero-order chi connectivity index (χ0) is 14.7. The van der Waals surface area contributed by atoms with Gasteiger partial charge in [-0.3, -0.25) is 9.59 Å². The fourth-order valence-electron chi connectivity index (χ4n) is 3.16. The van der Waals surface area contributed by atoms with Crippen LogP contribution < -0.4 is 5.73 Å². The van der Waals surface area contributed by atoms with Crippen molar-refractivity contribution >= 4 is 24.2 Å². The van der Waals surface area contributed by atoms with Gasteiger partial charge in [-0.25, -0.2) is 0 Å². The highest BCUT2D eigenvalue weighted by atomic mass is 35.5. The standard InChI is InChI=1S/C15H27N3O2.ClH/c1-11(2)9-13(18-7-4-3-5-14(18)19)15(20)17-8-6-12(16)10-17;/h11-13H,3-10,16H2,1-2H3;1H/t12-,13?;/m1./s1. The lowest BCUT2D eigenvalue weighted by Crippen LogP contribution is -2.52. The van der Waals surface area contributed by atoms with Crippen molar-refractivity contribution in [1.29, 1.82) is 0 Å². The first-order valence-electron chi connectivity index (χ1n) is 7.83. The summed E-state index contributed by atoms with van der Waals surface area (Å²) in [5, 5.41) is 0.